The lowest BCUT2D eigenvalue weighted by atomic mass is 10.4. The summed E-state index contributed by atoms with van der Waals surface area (Å²) < 4.78 is 35.3. The minimum atomic E-state index is -4.27. The van der Waals surface area contributed by atoms with Crippen molar-refractivity contribution >= 4 is 22.0 Å². The van der Waals surface area contributed by atoms with Gasteiger partial charge in [0, 0.05) is 0 Å². The molecule has 1 heterocycles. The molecule has 0 aliphatic heterocycles. The molecule has 0 saturated carbocycles. The molecule has 0 spiro atoms. The Balaban J connectivity index is 2.66. The van der Waals surface area contributed by atoms with Crippen LogP contribution in [0.1, 0.15) is 4.88 Å². The lowest BCUT2D eigenvalue weighted by molar-refractivity contribution is -0.115. The van der Waals surface area contributed by atoms with E-state index in [-0.39, 0.29) is 15.6 Å². The highest BCUT2D eigenvalue weighted by Gasteiger charge is 2.26. The second-order valence-corrected chi connectivity index (χ2v) is 3.53. The van der Waals surface area contributed by atoms with Gasteiger partial charge in [-0.3, -0.25) is 0 Å². The Labute approximate surface area is 81.9 Å². The quantitative estimate of drug-likeness (QED) is 0.804. The fourth-order valence-corrected chi connectivity index (χ4v) is 1.54. The van der Waals surface area contributed by atoms with Crippen LogP contribution in [0.5, 0.6) is 0 Å². The number of nitrogen functional groups attached to an aromatic ring is 1. The zero-order chi connectivity index (χ0) is 10.8. The molecule has 0 aromatic carbocycles. The van der Waals surface area contributed by atoms with Crippen molar-refractivity contribution in [2.45, 2.75) is 6.18 Å². The van der Waals surface area contributed by atoms with E-state index in [9.17, 15) is 13.2 Å². The van der Waals surface area contributed by atoms with Gasteiger partial charge in [-0.05, 0) is 6.07 Å². The molecule has 0 bridgehead atoms. The largest absolute Gasteiger partial charge is 0.405 e. The summed E-state index contributed by atoms with van der Waals surface area (Å²) in [5, 5.41) is 10.9. The van der Waals surface area contributed by atoms with Crippen molar-refractivity contribution in [2.75, 3.05) is 17.6 Å². The molecule has 14 heavy (non-hydrogen) atoms. The third-order valence-electron chi connectivity index (χ3n) is 1.33. The summed E-state index contributed by atoms with van der Waals surface area (Å²) >= 11 is 0.903. The Morgan fingerprint density at radius 2 is 2.21 bits per heavy atom. The van der Waals surface area contributed by atoms with Gasteiger partial charge >= 0.3 is 6.18 Å². The Morgan fingerprint density at radius 1 is 1.57 bits per heavy atom. The van der Waals surface area contributed by atoms with Crippen molar-refractivity contribution in [3.8, 4) is 6.07 Å². The number of hydrogen-bond donors (Lipinski definition) is 2. The fourth-order valence-electron chi connectivity index (χ4n) is 0.767. The van der Waals surface area contributed by atoms with Gasteiger partial charge in [0.05, 0.1) is 10.7 Å². The number of anilines is 2. The van der Waals surface area contributed by atoms with Crippen LogP contribution in [0.25, 0.3) is 0 Å². The van der Waals surface area contributed by atoms with Gasteiger partial charge in [0.2, 0.25) is 0 Å². The summed E-state index contributed by atoms with van der Waals surface area (Å²) in [5.41, 5.74) is 5.55. The summed E-state index contributed by atoms with van der Waals surface area (Å²) in [7, 11) is 0. The van der Waals surface area contributed by atoms with Crippen LogP contribution in [-0.2, 0) is 0 Å². The summed E-state index contributed by atoms with van der Waals surface area (Å²) in [6.45, 7) is -1.13. The maximum atomic E-state index is 11.8. The molecular formula is C7H6F3N3S. The number of nitrogens with zero attached hydrogens (tertiary/aromatic N) is 1. The molecule has 0 radical (unpaired) electrons. The van der Waals surface area contributed by atoms with Gasteiger partial charge in [-0.2, -0.15) is 18.4 Å². The van der Waals surface area contributed by atoms with Crippen LogP contribution < -0.4 is 11.1 Å². The van der Waals surface area contributed by atoms with E-state index in [1.165, 1.54) is 6.07 Å². The lowest BCUT2D eigenvalue weighted by Gasteiger charge is -2.06. The first-order valence-electron chi connectivity index (χ1n) is 3.52. The van der Waals surface area contributed by atoms with Crippen molar-refractivity contribution in [1.82, 2.24) is 0 Å². The Bertz CT molecular complexity index is 363. The van der Waals surface area contributed by atoms with Crippen molar-refractivity contribution in [2.24, 2.45) is 0 Å². The fraction of sp³-hybridized carbons (Fsp3) is 0.286. The molecule has 0 atom stereocenters. The molecule has 0 amide bonds. The van der Waals surface area contributed by atoms with Crippen LogP contribution in [0.2, 0.25) is 0 Å². The van der Waals surface area contributed by atoms with Crippen molar-refractivity contribution in [3.05, 3.63) is 10.9 Å². The standard InChI is InChI=1S/C7H6F3N3S/c8-7(9,10)3-13-6-1-4(12)5(2-11)14-6/h1,13H,3,12H2. The number of thiophene rings is 1. The first-order valence-corrected chi connectivity index (χ1v) is 4.34. The molecular weight excluding hydrogens is 215 g/mol. The van der Waals surface area contributed by atoms with E-state index in [4.69, 9.17) is 11.0 Å². The monoisotopic (exact) mass is 221 g/mol. The van der Waals surface area contributed by atoms with Crippen molar-refractivity contribution in [1.29, 1.82) is 5.26 Å². The van der Waals surface area contributed by atoms with E-state index in [0.29, 0.717) is 0 Å². The Kier molecular flexibility index (Phi) is 2.86. The third kappa shape index (κ3) is 2.81. The van der Waals surface area contributed by atoms with E-state index < -0.39 is 12.7 Å². The van der Waals surface area contributed by atoms with Gasteiger partial charge in [0.1, 0.15) is 17.5 Å². The number of nitrogens with one attached hydrogen (secondary N) is 1. The first kappa shape index (κ1) is 10.7. The molecule has 3 N–H and O–H groups in total. The second kappa shape index (κ2) is 3.75. The average Bonchev–Trinajstić information content (AvgIpc) is 2.42. The second-order valence-electron chi connectivity index (χ2n) is 2.48. The van der Waals surface area contributed by atoms with Crippen LogP contribution >= 0.6 is 11.3 Å². The Hall–Kier alpha value is -1.42. The van der Waals surface area contributed by atoms with E-state index in [1.807, 2.05) is 0 Å². The summed E-state index contributed by atoms with van der Waals surface area (Å²) in [6.07, 6.45) is -4.27. The molecule has 1 aromatic rings. The number of nitriles is 1. The van der Waals surface area contributed by atoms with Gasteiger partial charge in [-0.1, -0.05) is 0 Å². The van der Waals surface area contributed by atoms with E-state index in [0.717, 1.165) is 11.3 Å². The zero-order valence-corrected chi connectivity index (χ0v) is 7.67. The van der Waals surface area contributed by atoms with Gasteiger partial charge in [0.15, 0.2) is 0 Å². The molecule has 0 saturated heterocycles. The molecule has 76 valence electrons. The number of alkyl halides is 3. The van der Waals surface area contributed by atoms with Gasteiger partial charge in [0.25, 0.3) is 0 Å². The van der Waals surface area contributed by atoms with Crippen LogP contribution in [0.4, 0.5) is 23.9 Å². The topological polar surface area (TPSA) is 61.8 Å². The normalized spacial score (nSPS) is 11.0. The molecule has 0 fully saturated rings. The predicted octanol–water partition coefficient (Wildman–Crippen LogP) is 2.18. The van der Waals surface area contributed by atoms with Crippen molar-refractivity contribution in [3.63, 3.8) is 0 Å². The van der Waals surface area contributed by atoms with Crippen LogP contribution in [0.3, 0.4) is 0 Å². The maximum Gasteiger partial charge on any atom is 0.405 e. The molecule has 0 aliphatic rings. The number of nitrogens with two attached hydrogens (primary N) is 1. The summed E-state index contributed by atoms with van der Waals surface area (Å²) in [4.78, 5) is 0.217. The van der Waals surface area contributed by atoms with Crippen molar-refractivity contribution < 1.29 is 13.2 Å². The minimum Gasteiger partial charge on any atom is -0.397 e. The average molecular weight is 221 g/mol. The molecule has 0 aliphatic carbocycles. The molecule has 3 nitrogen and oxygen atoms in total. The van der Waals surface area contributed by atoms with Crippen LogP contribution in [0.15, 0.2) is 6.07 Å². The SMILES string of the molecule is N#Cc1sc(NCC(F)(F)F)cc1N. The zero-order valence-electron chi connectivity index (χ0n) is 6.85. The molecule has 1 rings (SSSR count). The minimum absolute atomic E-state index is 0.196. The third-order valence-corrected chi connectivity index (χ3v) is 2.34. The number of halogens is 3. The molecule has 0 unspecified atom stereocenters. The number of hydrogen-bond acceptors (Lipinski definition) is 4. The highest BCUT2D eigenvalue weighted by molar-refractivity contribution is 7.17. The highest BCUT2D eigenvalue weighted by Crippen LogP contribution is 2.29. The predicted molar refractivity (Wildman–Crippen MR) is 48.0 cm³/mol. The smallest absolute Gasteiger partial charge is 0.397 e. The van der Waals surface area contributed by atoms with E-state index in [1.54, 1.807) is 6.07 Å². The van der Waals surface area contributed by atoms with E-state index in [2.05, 4.69) is 5.32 Å². The van der Waals surface area contributed by atoms with Crippen LogP contribution in [-0.4, -0.2) is 12.7 Å². The van der Waals surface area contributed by atoms with Gasteiger partial charge in [-0.15, -0.1) is 11.3 Å². The molecule has 1 aromatic heterocycles. The lowest BCUT2D eigenvalue weighted by Crippen LogP contribution is -2.20. The molecule has 7 heteroatoms. The summed E-state index contributed by atoms with van der Waals surface area (Å²) in [5.74, 6) is 0. The first-order chi connectivity index (χ1) is 6.42. The summed E-state index contributed by atoms with van der Waals surface area (Å²) in [6, 6.07) is 3.10. The van der Waals surface area contributed by atoms with Gasteiger partial charge in [-0.25, -0.2) is 0 Å². The highest BCUT2D eigenvalue weighted by atomic mass is 32.1. The Morgan fingerprint density at radius 3 is 2.64 bits per heavy atom. The van der Waals surface area contributed by atoms with Gasteiger partial charge < -0.3 is 11.1 Å². The number of rotatable bonds is 2. The maximum absolute atomic E-state index is 11.8. The van der Waals surface area contributed by atoms with E-state index >= 15 is 0 Å². The van der Waals surface area contributed by atoms with Crippen LogP contribution in [0, 0.1) is 11.3 Å².